The van der Waals surface area contributed by atoms with E-state index in [2.05, 4.69) is 9.97 Å². The molecule has 0 saturated carbocycles. The minimum atomic E-state index is -0.904. The van der Waals surface area contributed by atoms with Crippen molar-refractivity contribution >= 4 is 43.9 Å². The molecule has 0 radical (unpaired) electrons. The molecule has 0 saturated heterocycles. The zero-order valence-corrected chi connectivity index (χ0v) is 28.1. The van der Waals surface area contributed by atoms with Gasteiger partial charge >= 0.3 is 0 Å². The maximum atomic E-state index is 9.35. The Balaban J connectivity index is 1.32. The van der Waals surface area contributed by atoms with Gasteiger partial charge in [-0.15, -0.1) is 0 Å². The minimum absolute atomic E-state index is 0.0110. The molecule has 0 bridgehead atoms. The summed E-state index contributed by atoms with van der Waals surface area (Å²) >= 11 is 0. The Morgan fingerprint density at radius 3 is 1.61 bits per heavy atom. The Kier molecular flexibility index (Phi) is 3.68. The van der Waals surface area contributed by atoms with Crippen molar-refractivity contribution in [2.24, 2.45) is 0 Å². The monoisotopic (exact) mass is 742 g/mol. The van der Waals surface area contributed by atoms with Gasteiger partial charge < -0.3 is 4.42 Å². The topological polar surface area (TPSA) is 82.5 Å². The highest BCUT2D eigenvalue weighted by Crippen LogP contribution is 2.42. The summed E-state index contributed by atoms with van der Waals surface area (Å²) in [5.74, 6) is -2.40. The number of furan rings is 1. The molecule has 0 N–H and O–H groups in total. The van der Waals surface area contributed by atoms with Crippen molar-refractivity contribution in [1.29, 1.82) is 0 Å². The molecule has 0 spiro atoms. The summed E-state index contributed by atoms with van der Waals surface area (Å²) in [6.07, 6.45) is 0. The maximum Gasteiger partial charge on any atom is 0.238 e. The first-order valence-electron chi connectivity index (χ1n) is 28.6. The average molecular weight is 743 g/mol. The van der Waals surface area contributed by atoms with Crippen molar-refractivity contribution in [2.75, 3.05) is 0 Å². The van der Waals surface area contributed by atoms with Crippen LogP contribution in [0.4, 0.5) is 0 Å². The summed E-state index contributed by atoms with van der Waals surface area (Å²) < 4.78 is 217. The van der Waals surface area contributed by atoms with E-state index in [9.17, 15) is 5.48 Å². The second-order valence-corrected chi connectivity index (χ2v) is 11.9. The van der Waals surface area contributed by atoms with E-state index in [4.69, 9.17) is 46.8 Å². The van der Waals surface area contributed by atoms with E-state index in [1.807, 2.05) is 0 Å². The number of aromatic nitrogens is 6. The molecule has 0 atom stereocenters. The van der Waals surface area contributed by atoms with Crippen LogP contribution in [0.3, 0.4) is 0 Å². The molecule has 262 valence electrons. The van der Waals surface area contributed by atoms with Crippen molar-refractivity contribution in [3.63, 3.8) is 0 Å². The molecule has 0 aliphatic rings. The Morgan fingerprint density at radius 2 is 0.964 bits per heavy atom. The van der Waals surface area contributed by atoms with Gasteiger partial charge in [-0.05, 0) is 29.3 Å². The van der Waals surface area contributed by atoms with Crippen LogP contribution in [0.25, 0.3) is 106 Å². The van der Waals surface area contributed by atoms with Gasteiger partial charge in [-0.3, -0.25) is 4.57 Å². The van der Waals surface area contributed by atoms with E-state index in [0.29, 0.717) is 10.8 Å². The summed E-state index contributed by atoms with van der Waals surface area (Å²) in [5, 5.41) is 0.821. The summed E-state index contributed by atoms with van der Waals surface area (Å²) in [7, 11) is 0. The number of benzene rings is 7. The van der Waals surface area contributed by atoms with E-state index in [0.717, 1.165) is 0 Å². The molecule has 4 heterocycles. The van der Waals surface area contributed by atoms with E-state index in [-0.39, 0.29) is 33.1 Å². The second kappa shape index (κ2) is 13.0. The van der Waals surface area contributed by atoms with Gasteiger partial charge in [0.25, 0.3) is 0 Å². The molecular weight excluding hydrogens is 689 g/mol. The van der Waals surface area contributed by atoms with Crippen LogP contribution in [0.15, 0.2) is 186 Å². The molecule has 0 fully saturated rings. The van der Waals surface area contributed by atoms with Crippen molar-refractivity contribution in [3.8, 4) is 62.5 Å². The molecule has 7 heteroatoms. The molecule has 7 nitrogen and oxygen atoms in total. The van der Waals surface area contributed by atoms with Crippen LogP contribution in [-0.2, 0) is 0 Å². The van der Waals surface area contributed by atoms with Crippen molar-refractivity contribution < 1.29 is 37.3 Å². The number of rotatable bonds is 6. The number of hydrogen-bond donors (Lipinski definition) is 0. The molecular formula is C49H30N6O. The van der Waals surface area contributed by atoms with Gasteiger partial charge in [0, 0.05) is 33.0 Å². The van der Waals surface area contributed by atoms with Crippen molar-refractivity contribution in [3.05, 3.63) is 181 Å². The lowest BCUT2D eigenvalue weighted by molar-refractivity contribution is 0.667. The number of nitrogens with zero attached hydrogens (tertiary/aromatic N) is 6. The van der Waals surface area contributed by atoms with Gasteiger partial charge in [-0.2, -0.15) is 9.97 Å². The molecule has 4 aromatic heterocycles. The lowest BCUT2D eigenvalue weighted by Gasteiger charge is -2.12. The van der Waals surface area contributed by atoms with Gasteiger partial charge in [-0.1, -0.05) is 163 Å². The van der Waals surface area contributed by atoms with Gasteiger partial charge in [0.1, 0.15) is 16.8 Å². The average Bonchev–Trinajstić information content (AvgIpc) is 4.01. The molecule has 0 amide bonds. The second-order valence-electron chi connectivity index (χ2n) is 11.9. The first kappa shape index (κ1) is 15.9. The smallest absolute Gasteiger partial charge is 0.238 e. The number of hydrogen-bond acceptors (Lipinski definition) is 6. The minimum Gasteiger partial charge on any atom is -0.452 e. The normalized spacial score (nSPS) is 17.6. The highest BCUT2D eigenvalue weighted by atomic mass is 16.3. The summed E-state index contributed by atoms with van der Waals surface area (Å²) in [6.45, 7) is 0. The third-order valence-corrected chi connectivity index (χ3v) is 8.72. The van der Waals surface area contributed by atoms with E-state index >= 15 is 0 Å². The Labute approximate surface area is 355 Å². The maximum absolute atomic E-state index is 9.35. The fourth-order valence-electron chi connectivity index (χ4n) is 6.37. The molecule has 0 aliphatic heterocycles. The first-order chi connectivity index (χ1) is 37.7. The first-order valence-corrected chi connectivity index (χ1v) is 16.6. The Bertz CT molecular complexity index is 4530. The highest BCUT2D eigenvalue weighted by Gasteiger charge is 2.25. The van der Waals surface area contributed by atoms with Crippen LogP contribution in [0.1, 0.15) is 32.9 Å². The van der Waals surface area contributed by atoms with Crippen LogP contribution in [0.2, 0.25) is 0 Å². The highest BCUT2D eigenvalue weighted by molar-refractivity contribution is 6.24. The predicted molar refractivity (Wildman–Crippen MR) is 224 cm³/mol. The summed E-state index contributed by atoms with van der Waals surface area (Å²) in [4.78, 5) is 23.2. The van der Waals surface area contributed by atoms with Crippen molar-refractivity contribution in [2.45, 2.75) is 0 Å². The van der Waals surface area contributed by atoms with Crippen LogP contribution in [0, 0.1) is 0 Å². The third-order valence-electron chi connectivity index (χ3n) is 8.72. The standard InChI is InChI=1S/C49H30N6O/c1-5-15-31(16-6-1)32-25-27-36(28-26-32)48-52-47(35-21-11-4-12-22-35)53-49(54-48)55-39-24-14-13-23-37(39)38-29-30-40-41(44(38)55)43-45(56-40)42(33-17-7-2-8-18-33)50-46(51-43)34-19-9-3-10-20-34/h1-30H/i1D,2D,3D,4D,5D,6D,7D,8D,9D,10D,11D,12D,15D,16D,17D,18D,19D,20D,21D,22D,25D,26D,27D,28D. The van der Waals surface area contributed by atoms with E-state index < -0.39 is 208 Å². The Hall–Kier alpha value is -7.77. The molecule has 56 heavy (non-hydrogen) atoms. The Morgan fingerprint density at radius 1 is 0.446 bits per heavy atom. The van der Waals surface area contributed by atoms with Crippen LogP contribution in [0.5, 0.6) is 0 Å². The lowest BCUT2D eigenvalue weighted by Crippen LogP contribution is -2.06. The molecule has 11 aromatic rings. The summed E-state index contributed by atoms with van der Waals surface area (Å²) in [5.41, 5.74) is -4.38. The van der Waals surface area contributed by atoms with Crippen LogP contribution < -0.4 is 0 Å². The quantitative estimate of drug-likeness (QED) is 0.169. The fourth-order valence-corrected chi connectivity index (χ4v) is 6.37. The number of para-hydroxylation sites is 1. The fraction of sp³-hybridized carbons (Fsp3) is 0. The zero-order valence-electron chi connectivity index (χ0n) is 52.1. The van der Waals surface area contributed by atoms with Crippen LogP contribution in [-0.4, -0.2) is 29.5 Å². The molecule has 11 rings (SSSR count). The van der Waals surface area contributed by atoms with Crippen LogP contribution >= 0.6 is 0 Å². The van der Waals surface area contributed by atoms with E-state index in [1.165, 1.54) is 10.6 Å². The molecule has 7 aromatic carbocycles. The van der Waals surface area contributed by atoms with Gasteiger partial charge in [0.05, 0.1) is 49.3 Å². The number of fused-ring (bicyclic) bond motifs is 7. The lowest BCUT2D eigenvalue weighted by atomic mass is 10.0. The van der Waals surface area contributed by atoms with Gasteiger partial charge in [0.15, 0.2) is 23.1 Å². The van der Waals surface area contributed by atoms with Gasteiger partial charge in [0.2, 0.25) is 5.95 Å². The van der Waals surface area contributed by atoms with Crippen molar-refractivity contribution in [1.82, 2.24) is 29.5 Å². The third kappa shape index (κ3) is 5.25. The van der Waals surface area contributed by atoms with E-state index in [1.54, 1.807) is 30.3 Å². The zero-order chi connectivity index (χ0) is 57.9. The molecule has 0 unspecified atom stereocenters. The SMILES string of the molecule is [2H]c1c([2H])c([2H])c(-c2nc(-c3c([2H])c([2H])c(-c4c([2H])c([2H])c([2H])c([2H])c4[2H])c([2H])c3[2H])nc(-n3c4ccccc4c4ccc5oc6c(-c7c([2H])c([2H])c([2H])c([2H])c7[2H])nc(-c7c([2H])c([2H])c([2H])c([2H])c7[2H])nc6c5c43)n2)c([2H])c1[2H]. The molecule has 0 aliphatic carbocycles. The van der Waals surface area contributed by atoms with Gasteiger partial charge in [-0.25, -0.2) is 15.0 Å². The predicted octanol–water partition coefficient (Wildman–Crippen LogP) is 12.0. The summed E-state index contributed by atoms with van der Waals surface area (Å²) in [6, 6.07) is -9.68. The largest absolute Gasteiger partial charge is 0.452 e.